The van der Waals surface area contributed by atoms with Crippen LogP contribution in [0.4, 0.5) is 4.79 Å². The lowest BCUT2D eigenvalue weighted by Crippen LogP contribution is -2.27. The predicted octanol–water partition coefficient (Wildman–Crippen LogP) is 5.38. The summed E-state index contributed by atoms with van der Waals surface area (Å²) in [5.41, 5.74) is 2.82. The Kier molecular flexibility index (Phi) is 6.77. The zero-order valence-corrected chi connectivity index (χ0v) is 18.7. The Morgan fingerprint density at radius 2 is 1.76 bits per heavy atom. The summed E-state index contributed by atoms with van der Waals surface area (Å²) in [4.78, 5) is 26.8. The Balaban J connectivity index is 1.50. The largest absolute Gasteiger partial charge is 0.493 e. The van der Waals surface area contributed by atoms with Gasteiger partial charge >= 0.3 is 0 Å². The molecule has 1 fully saturated rings. The third-order valence-electron chi connectivity index (χ3n) is 5.06. The van der Waals surface area contributed by atoms with Crippen LogP contribution in [-0.4, -0.2) is 23.2 Å². The van der Waals surface area contributed by atoms with Crippen LogP contribution in [0.1, 0.15) is 22.3 Å². The van der Waals surface area contributed by atoms with E-state index in [0.717, 1.165) is 22.2 Å². The maximum atomic E-state index is 12.9. The van der Waals surface area contributed by atoms with Gasteiger partial charge in [-0.05, 0) is 52.7 Å². The Labute approximate surface area is 196 Å². The zero-order chi connectivity index (χ0) is 23.2. The van der Waals surface area contributed by atoms with E-state index < -0.39 is 0 Å². The summed E-state index contributed by atoms with van der Waals surface area (Å²) in [7, 11) is 1.55. The molecule has 0 spiro atoms. The molecule has 4 rings (SSSR count). The van der Waals surface area contributed by atoms with Crippen molar-refractivity contribution >= 4 is 29.0 Å². The second-order valence-corrected chi connectivity index (χ2v) is 8.21. The molecule has 2 amide bonds. The van der Waals surface area contributed by atoms with Crippen molar-refractivity contribution < 1.29 is 19.1 Å². The molecule has 0 radical (unpaired) electrons. The van der Waals surface area contributed by atoms with E-state index in [0.29, 0.717) is 39.7 Å². The predicted molar refractivity (Wildman–Crippen MR) is 126 cm³/mol. The van der Waals surface area contributed by atoms with Crippen molar-refractivity contribution in [2.45, 2.75) is 13.2 Å². The van der Waals surface area contributed by atoms with Crippen LogP contribution in [-0.2, 0) is 17.9 Å². The number of carbonyl (C=O) groups is 2. The summed E-state index contributed by atoms with van der Waals surface area (Å²) in [5, 5.41) is 8.90. The number of nitrogens with zero attached hydrogens (tertiary/aromatic N) is 2. The lowest BCUT2D eigenvalue weighted by atomic mass is 10.1. The normalized spacial score (nSPS) is 14.4. The molecular weight excluding hydrogens is 436 g/mol. The number of imide groups is 1. The Morgan fingerprint density at radius 3 is 2.52 bits per heavy atom. The quantitative estimate of drug-likeness (QED) is 0.444. The molecule has 6 nitrogen and oxygen atoms in total. The number of hydrogen-bond acceptors (Lipinski definition) is 6. The fourth-order valence-corrected chi connectivity index (χ4v) is 4.19. The monoisotopic (exact) mass is 456 g/mol. The first kappa shape index (κ1) is 22.2. The summed E-state index contributed by atoms with van der Waals surface area (Å²) in [6, 6.07) is 24.2. The molecule has 0 aromatic heterocycles. The number of carbonyl (C=O) groups excluding carboxylic acids is 2. The van der Waals surface area contributed by atoms with Crippen LogP contribution in [0, 0.1) is 11.3 Å². The summed E-state index contributed by atoms with van der Waals surface area (Å²) >= 11 is 0.878. The van der Waals surface area contributed by atoms with E-state index in [1.807, 2.05) is 36.4 Å². The smallest absolute Gasteiger partial charge is 0.293 e. The van der Waals surface area contributed by atoms with E-state index in [1.54, 1.807) is 49.6 Å². The number of rotatable bonds is 7. The zero-order valence-electron chi connectivity index (χ0n) is 17.9. The first-order valence-corrected chi connectivity index (χ1v) is 11.0. The molecular formula is C26H20N2O4S. The Hall–Kier alpha value is -4.02. The molecule has 0 aliphatic carbocycles. The molecule has 0 bridgehead atoms. The minimum absolute atomic E-state index is 0.0569. The van der Waals surface area contributed by atoms with Crippen molar-refractivity contribution in [3.05, 3.63) is 100.0 Å². The van der Waals surface area contributed by atoms with Crippen LogP contribution in [0.5, 0.6) is 11.5 Å². The number of thioether (sulfide) groups is 1. The van der Waals surface area contributed by atoms with Gasteiger partial charge < -0.3 is 9.47 Å². The average molecular weight is 457 g/mol. The number of amides is 2. The second-order valence-electron chi connectivity index (χ2n) is 7.22. The molecule has 3 aromatic rings. The number of methoxy groups -OCH3 is 1. The van der Waals surface area contributed by atoms with Gasteiger partial charge in [0.1, 0.15) is 6.61 Å². The molecule has 0 N–H and O–H groups in total. The topological polar surface area (TPSA) is 79.6 Å². The highest BCUT2D eigenvalue weighted by Crippen LogP contribution is 2.35. The molecule has 0 atom stereocenters. The first-order chi connectivity index (χ1) is 16.1. The van der Waals surface area contributed by atoms with E-state index in [-0.39, 0.29) is 17.7 Å². The van der Waals surface area contributed by atoms with Gasteiger partial charge in [-0.1, -0.05) is 54.6 Å². The molecule has 1 aliphatic heterocycles. The number of hydrogen-bond donors (Lipinski definition) is 0. The Morgan fingerprint density at radius 1 is 1.00 bits per heavy atom. The molecule has 3 aromatic carbocycles. The lowest BCUT2D eigenvalue weighted by molar-refractivity contribution is -0.123. The summed E-state index contributed by atoms with van der Waals surface area (Å²) < 4.78 is 11.3. The summed E-state index contributed by atoms with van der Waals surface area (Å²) in [6.07, 6.45) is 1.66. The fourth-order valence-electron chi connectivity index (χ4n) is 3.35. The van der Waals surface area contributed by atoms with Crippen LogP contribution >= 0.6 is 11.8 Å². The molecule has 7 heteroatoms. The third kappa shape index (κ3) is 5.08. The SMILES string of the molecule is COc1cc(/C=C2/SC(=O)N(Cc3ccccc3C#N)C2=O)ccc1OCc1ccccc1. The lowest BCUT2D eigenvalue weighted by Gasteiger charge is -2.13. The highest BCUT2D eigenvalue weighted by Gasteiger charge is 2.35. The van der Waals surface area contributed by atoms with E-state index in [2.05, 4.69) is 6.07 Å². The van der Waals surface area contributed by atoms with E-state index in [1.165, 1.54) is 0 Å². The highest BCUT2D eigenvalue weighted by molar-refractivity contribution is 8.18. The maximum absolute atomic E-state index is 12.9. The van der Waals surface area contributed by atoms with E-state index in [4.69, 9.17) is 9.47 Å². The molecule has 33 heavy (non-hydrogen) atoms. The number of benzene rings is 3. The molecule has 0 unspecified atom stereocenters. The van der Waals surface area contributed by atoms with Crippen molar-refractivity contribution in [3.63, 3.8) is 0 Å². The molecule has 0 saturated carbocycles. The standard InChI is InChI=1S/C26H20N2O4S/c1-31-23-13-19(11-12-22(23)32-17-18-7-3-2-4-8-18)14-24-25(29)28(26(30)33-24)16-21-10-6-5-9-20(21)15-27/h2-14H,16-17H2,1H3/b24-14+. The molecule has 1 aliphatic rings. The average Bonchev–Trinajstić information content (AvgIpc) is 3.11. The van der Waals surface area contributed by atoms with Crippen LogP contribution in [0.3, 0.4) is 0 Å². The van der Waals surface area contributed by atoms with Gasteiger partial charge in [0, 0.05) is 0 Å². The fraction of sp³-hybridized carbons (Fsp3) is 0.115. The van der Waals surface area contributed by atoms with Crippen molar-refractivity contribution in [3.8, 4) is 17.6 Å². The third-order valence-corrected chi connectivity index (χ3v) is 5.97. The molecule has 1 saturated heterocycles. The number of nitriles is 1. The van der Waals surface area contributed by atoms with E-state index >= 15 is 0 Å². The van der Waals surface area contributed by atoms with Gasteiger partial charge in [-0.3, -0.25) is 14.5 Å². The minimum Gasteiger partial charge on any atom is -0.493 e. The Bertz CT molecular complexity index is 1260. The first-order valence-electron chi connectivity index (χ1n) is 10.2. The van der Waals surface area contributed by atoms with Crippen molar-refractivity contribution in [1.29, 1.82) is 5.26 Å². The van der Waals surface area contributed by atoms with Gasteiger partial charge in [-0.15, -0.1) is 0 Å². The molecule has 164 valence electrons. The minimum atomic E-state index is -0.388. The number of ether oxygens (including phenoxy) is 2. The van der Waals surface area contributed by atoms with Crippen LogP contribution in [0.15, 0.2) is 77.7 Å². The van der Waals surface area contributed by atoms with Gasteiger partial charge in [0.05, 0.1) is 30.2 Å². The van der Waals surface area contributed by atoms with E-state index in [9.17, 15) is 14.9 Å². The van der Waals surface area contributed by atoms with Gasteiger partial charge in [-0.25, -0.2) is 0 Å². The molecule has 1 heterocycles. The van der Waals surface area contributed by atoms with Gasteiger partial charge in [0.2, 0.25) is 0 Å². The van der Waals surface area contributed by atoms with Crippen molar-refractivity contribution in [1.82, 2.24) is 4.90 Å². The van der Waals surface area contributed by atoms with Crippen molar-refractivity contribution in [2.75, 3.05) is 7.11 Å². The highest BCUT2D eigenvalue weighted by atomic mass is 32.2. The van der Waals surface area contributed by atoms with Crippen molar-refractivity contribution in [2.24, 2.45) is 0 Å². The van der Waals surface area contributed by atoms with Crippen LogP contribution in [0.2, 0.25) is 0 Å². The second kappa shape index (κ2) is 10.1. The van der Waals surface area contributed by atoms with Gasteiger partial charge in [0.15, 0.2) is 11.5 Å². The van der Waals surface area contributed by atoms with Gasteiger partial charge in [0.25, 0.3) is 11.1 Å². The summed E-state index contributed by atoms with van der Waals surface area (Å²) in [6.45, 7) is 0.459. The van der Waals surface area contributed by atoms with Gasteiger partial charge in [-0.2, -0.15) is 5.26 Å². The maximum Gasteiger partial charge on any atom is 0.293 e. The van der Waals surface area contributed by atoms with Crippen LogP contribution < -0.4 is 9.47 Å². The summed E-state index contributed by atoms with van der Waals surface area (Å²) in [5.74, 6) is 0.725. The van der Waals surface area contributed by atoms with Crippen LogP contribution in [0.25, 0.3) is 6.08 Å².